The highest BCUT2D eigenvalue weighted by molar-refractivity contribution is 6.05. The van der Waals surface area contributed by atoms with Crippen LogP contribution in [0.15, 0.2) is 66.9 Å². The fraction of sp³-hybridized carbons (Fsp3) is 0.200. The normalized spacial score (nSPS) is 19.8. The third-order valence-corrected chi connectivity index (χ3v) is 6.49. The Morgan fingerprint density at radius 3 is 2.71 bits per heavy atom. The highest BCUT2D eigenvalue weighted by atomic mass is 16.6. The summed E-state index contributed by atoms with van der Waals surface area (Å²) in [6.07, 6.45) is 1.86. The topological polar surface area (TPSA) is 76.7 Å². The van der Waals surface area contributed by atoms with E-state index in [0.717, 1.165) is 33.2 Å². The van der Waals surface area contributed by atoms with Gasteiger partial charge in [0.1, 0.15) is 5.60 Å². The van der Waals surface area contributed by atoms with E-state index >= 15 is 0 Å². The van der Waals surface area contributed by atoms with Crippen molar-refractivity contribution in [3.05, 3.63) is 83.6 Å². The summed E-state index contributed by atoms with van der Waals surface area (Å²) < 4.78 is 7.72. The van der Waals surface area contributed by atoms with Gasteiger partial charge in [0.05, 0.1) is 30.4 Å². The molecule has 2 N–H and O–H groups in total. The summed E-state index contributed by atoms with van der Waals surface area (Å²) in [4.78, 5) is 15.2. The van der Waals surface area contributed by atoms with E-state index in [2.05, 4.69) is 35.4 Å². The molecule has 3 heterocycles. The Kier molecular flexibility index (Phi) is 3.76. The number of ether oxygens (including phenoxy) is 1. The smallest absolute Gasteiger partial charge is 0.256 e. The van der Waals surface area contributed by atoms with Crippen LogP contribution in [-0.2, 0) is 23.9 Å². The van der Waals surface area contributed by atoms with Crippen molar-refractivity contribution in [2.75, 3.05) is 18.9 Å². The predicted octanol–water partition coefficient (Wildman–Crippen LogP) is 3.70. The van der Waals surface area contributed by atoms with Gasteiger partial charge in [0, 0.05) is 24.7 Å². The molecule has 1 fully saturated rings. The molecule has 0 aliphatic carbocycles. The van der Waals surface area contributed by atoms with Crippen LogP contribution in [0.3, 0.4) is 0 Å². The summed E-state index contributed by atoms with van der Waals surface area (Å²) in [5, 5.41) is 5.43. The van der Waals surface area contributed by atoms with Crippen LogP contribution in [0.2, 0.25) is 0 Å². The molecule has 2 aliphatic heterocycles. The van der Waals surface area contributed by atoms with E-state index in [0.29, 0.717) is 30.9 Å². The third-order valence-electron chi connectivity index (χ3n) is 6.49. The Morgan fingerprint density at radius 1 is 1.13 bits per heavy atom. The summed E-state index contributed by atoms with van der Waals surface area (Å²) in [7, 11) is 1.93. The molecule has 31 heavy (non-hydrogen) atoms. The number of hydrogen-bond acceptors (Lipinski definition) is 4. The first-order valence-electron chi connectivity index (χ1n) is 10.4. The summed E-state index contributed by atoms with van der Waals surface area (Å²) in [5.74, 6) is -0.0261. The van der Waals surface area contributed by atoms with Crippen molar-refractivity contribution in [1.29, 1.82) is 0 Å². The molecule has 6 rings (SSSR count). The first kappa shape index (κ1) is 18.2. The zero-order valence-electron chi connectivity index (χ0n) is 17.2. The van der Waals surface area contributed by atoms with Crippen LogP contribution in [0.25, 0.3) is 22.0 Å². The zero-order valence-corrected chi connectivity index (χ0v) is 17.2. The molecule has 1 amide bonds. The van der Waals surface area contributed by atoms with Gasteiger partial charge in [0.2, 0.25) is 0 Å². The summed E-state index contributed by atoms with van der Waals surface area (Å²) in [6.45, 7) is 1.66. The van der Waals surface area contributed by atoms with Crippen LogP contribution < -0.4 is 5.73 Å². The van der Waals surface area contributed by atoms with Gasteiger partial charge < -0.3 is 15.4 Å². The van der Waals surface area contributed by atoms with Crippen molar-refractivity contribution in [3.63, 3.8) is 0 Å². The Morgan fingerprint density at radius 2 is 1.94 bits per heavy atom. The van der Waals surface area contributed by atoms with E-state index in [-0.39, 0.29) is 5.91 Å². The molecule has 6 heteroatoms. The number of anilines is 1. The van der Waals surface area contributed by atoms with Gasteiger partial charge in [-0.2, -0.15) is 5.10 Å². The third kappa shape index (κ3) is 2.75. The number of aryl methyl sites for hydroxylation is 1. The number of carbonyl (C=O) groups excluding carboxylic acids is 1. The predicted molar refractivity (Wildman–Crippen MR) is 119 cm³/mol. The second-order valence-corrected chi connectivity index (χ2v) is 8.41. The van der Waals surface area contributed by atoms with Crippen molar-refractivity contribution < 1.29 is 9.53 Å². The molecule has 0 saturated carbocycles. The first-order valence-corrected chi connectivity index (χ1v) is 10.4. The van der Waals surface area contributed by atoms with E-state index in [4.69, 9.17) is 10.5 Å². The van der Waals surface area contributed by atoms with E-state index in [1.54, 1.807) is 0 Å². The van der Waals surface area contributed by atoms with Crippen molar-refractivity contribution in [1.82, 2.24) is 14.7 Å². The Balaban J connectivity index is 1.38. The monoisotopic (exact) mass is 410 g/mol. The largest absolute Gasteiger partial charge is 0.398 e. The molecule has 6 nitrogen and oxygen atoms in total. The lowest BCUT2D eigenvalue weighted by atomic mass is 9.95. The molecule has 1 unspecified atom stereocenters. The van der Waals surface area contributed by atoms with Gasteiger partial charge in [0.25, 0.3) is 5.91 Å². The Bertz CT molecular complexity index is 1340. The number of epoxide rings is 1. The number of amides is 1. The number of hydrogen-bond donors (Lipinski definition) is 1. The minimum atomic E-state index is -0.415. The van der Waals surface area contributed by atoms with Gasteiger partial charge in [-0.15, -0.1) is 0 Å². The van der Waals surface area contributed by atoms with Gasteiger partial charge in [-0.25, -0.2) is 0 Å². The van der Waals surface area contributed by atoms with E-state index < -0.39 is 5.60 Å². The second-order valence-electron chi connectivity index (χ2n) is 8.41. The van der Waals surface area contributed by atoms with Crippen LogP contribution >= 0.6 is 0 Å². The fourth-order valence-electron chi connectivity index (χ4n) is 4.70. The maximum absolute atomic E-state index is 13.3. The van der Waals surface area contributed by atoms with Crippen molar-refractivity contribution in [3.8, 4) is 11.1 Å². The molecule has 1 atom stereocenters. The van der Waals surface area contributed by atoms with Crippen LogP contribution in [0, 0.1) is 0 Å². The first-order chi connectivity index (χ1) is 15.1. The molecule has 1 aromatic heterocycles. The van der Waals surface area contributed by atoms with Crippen LogP contribution in [0.4, 0.5) is 5.69 Å². The Labute approximate surface area is 179 Å². The van der Waals surface area contributed by atoms with E-state index in [9.17, 15) is 4.79 Å². The molecule has 1 saturated heterocycles. The van der Waals surface area contributed by atoms with Gasteiger partial charge in [0.15, 0.2) is 0 Å². The molecule has 0 radical (unpaired) electrons. The van der Waals surface area contributed by atoms with Gasteiger partial charge in [-0.05, 0) is 34.4 Å². The number of carbonyl (C=O) groups is 1. The average Bonchev–Trinajstić information content (AvgIpc) is 3.38. The number of nitrogen functional groups attached to an aromatic ring is 1. The van der Waals surface area contributed by atoms with Crippen molar-refractivity contribution >= 4 is 22.5 Å². The summed E-state index contributed by atoms with van der Waals surface area (Å²) >= 11 is 0. The molecule has 0 spiro atoms. The minimum absolute atomic E-state index is 0.0261. The molecule has 2 aliphatic rings. The number of nitrogens with zero attached hydrogens (tertiary/aromatic N) is 3. The number of rotatable bonds is 4. The standard InChI is InChI=1S/C25H22N4O2/c1-28-22-11-16(7-8-17(22)12-27-28)19-9-10-21(26)23-20(19)13-29(24(23)30)14-25(15-31-25)18-5-3-2-4-6-18/h2-12H,13-15,26H2,1H3. The number of fused-ring (bicyclic) bond motifs is 2. The Hall–Kier alpha value is -3.64. The van der Waals surface area contributed by atoms with Crippen LogP contribution in [-0.4, -0.2) is 33.7 Å². The maximum Gasteiger partial charge on any atom is 0.256 e. The van der Waals surface area contributed by atoms with Crippen molar-refractivity contribution in [2.45, 2.75) is 12.1 Å². The van der Waals surface area contributed by atoms with Crippen LogP contribution in [0.5, 0.6) is 0 Å². The van der Waals surface area contributed by atoms with E-state index in [1.165, 1.54) is 0 Å². The van der Waals surface area contributed by atoms with Crippen LogP contribution in [0.1, 0.15) is 21.5 Å². The number of nitrogens with two attached hydrogens (primary N) is 1. The van der Waals surface area contributed by atoms with Crippen molar-refractivity contribution in [2.24, 2.45) is 7.05 Å². The molecule has 4 aromatic rings. The highest BCUT2D eigenvalue weighted by Gasteiger charge is 2.50. The molecular weight excluding hydrogens is 388 g/mol. The average molecular weight is 410 g/mol. The van der Waals surface area contributed by atoms with Gasteiger partial charge in [-0.1, -0.05) is 48.5 Å². The number of benzene rings is 3. The molecular formula is C25H22N4O2. The lowest BCUT2D eigenvalue weighted by Crippen LogP contribution is -2.33. The molecule has 3 aromatic carbocycles. The quantitative estimate of drug-likeness (QED) is 0.411. The van der Waals surface area contributed by atoms with E-state index in [1.807, 2.05) is 53.2 Å². The van der Waals surface area contributed by atoms with Gasteiger partial charge >= 0.3 is 0 Å². The molecule has 0 bridgehead atoms. The number of aromatic nitrogens is 2. The summed E-state index contributed by atoms with van der Waals surface area (Å²) in [6, 6.07) is 20.2. The molecule has 154 valence electrons. The minimum Gasteiger partial charge on any atom is -0.398 e. The second kappa shape index (κ2) is 6.43. The fourth-order valence-corrected chi connectivity index (χ4v) is 4.70. The lowest BCUT2D eigenvalue weighted by molar-refractivity contribution is 0.0729. The lowest BCUT2D eigenvalue weighted by Gasteiger charge is -2.21. The highest BCUT2D eigenvalue weighted by Crippen LogP contribution is 2.43. The zero-order chi connectivity index (χ0) is 21.2. The van der Waals surface area contributed by atoms with Gasteiger partial charge in [-0.3, -0.25) is 9.48 Å². The summed E-state index contributed by atoms with van der Waals surface area (Å²) in [5.41, 5.74) is 12.2. The SMILES string of the molecule is Cn1ncc2ccc(-c3ccc(N)c4c3CN(CC3(c5ccccc5)CO3)C4=O)cc21. The maximum atomic E-state index is 13.3.